The Morgan fingerprint density at radius 3 is 2.53 bits per heavy atom. The van der Waals surface area contributed by atoms with Crippen LogP contribution in [0.4, 0.5) is 5.95 Å². The average molecular weight is 485 g/mol. The molecular weight excluding hydrogens is 462 g/mol. The van der Waals surface area contributed by atoms with E-state index in [4.69, 9.17) is 21.3 Å². The Balaban J connectivity index is 1.65. The van der Waals surface area contributed by atoms with Crippen LogP contribution in [0.1, 0.15) is 25.3 Å². The van der Waals surface area contributed by atoms with Crippen LogP contribution < -0.4 is 10.1 Å². The van der Waals surface area contributed by atoms with Gasteiger partial charge in [-0.2, -0.15) is 0 Å². The molecule has 0 aliphatic rings. The number of imidazole rings is 1. The normalized spacial score (nSPS) is 11.0. The largest absolute Gasteiger partial charge is 0.494 e. The van der Waals surface area contributed by atoms with Crippen LogP contribution in [-0.4, -0.2) is 16.2 Å². The van der Waals surface area contributed by atoms with Gasteiger partial charge in [0.05, 0.1) is 17.6 Å². The van der Waals surface area contributed by atoms with Crippen LogP contribution in [0.25, 0.3) is 16.7 Å². The molecule has 0 fully saturated rings. The van der Waals surface area contributed by atoms with E-state index in [1.165, 1.54) is 5.56 Å². The lowest BCUT2D eigenvalue weighted by Crippen LogP contribution is -2.06. The SMILES string of the molecule is CCCCOc1ccc(-n2c(NCc3ccc(Br)cc3)nc3ccc(Cl)cc32)cc1. The summed E-state index contributed by atoms with van der Waals surface area (Å²) in [5, 5.41) is 4.16. The predicted octanol–water partition coefficient (Wildman–Crippen LogP) is 7.23. The fourth-order valence-electron chi connectivity index (χ4n) is 3.24. The Kier molecular flexibility index (Phi) is 6.60. The molecule has 0 amide bonds. The van der Waals surface area contributed by atoms with Crippen molar-refractivity contribution < 1.29 is 4.74 Å². The van der Waals surface area contributed by atoms with E-state index in [2.05, 4.69) is 44.9 Å². The van der Waals surface area contributed by atoms with E-state index < -0.39 is 0 Å². The summed E-state index contributed by atoms with van der Waals surface area (Å²) in [5.41, 5.74) is 4.02. The first-order chi connectivity index (χ1) is 14.6. The van der Waals surface area contributed by atoms with Gasteiger partial charge >= 0.3 is 0 Å². The summed E-state index contributed by atoms with van der Waals surface area (Å²) in [6.07, 6.45) is 2.17. The number of hydrogen-bond donors (Lipinski definition) is 1. The molecular formula is C24H23BrClN3O. The third-order valence-electron chi connectivity index (χ3n) is 4.84. The number of fused-ring (bicyclic) bond motifs is 1. The number of benzene rings is 3. The van der Waals surface area contributed by atoms with Crippen molar-refractivity contribution in [3.05, 3.63) is 81.8 Å². The Hall–Kier alpha value is -2.50. The summed E-state index contributed by atoms with van der Waals surface area (Å²) in [6.45, 7) is 3.56. The number of nitrogens with one attached hydrogen (secondary N) is 1. The second-order valence-corrected chi connectivity index (χ2v) is 8.43. The minimum absolute atomic E-state index is 0.669. The Morgan fingerprint density at radius 2 is 1.80 bits per heavy atom. The maximum Gasteiger partial charge on any atom is 0.208 e. The fraction of sp³-hybridized carbons (Fsp3) is 0.208. The van der Waals surface area contributed by atoms with Crippen LogP contribution in [0.2, 0.25) is 5.02 Å². The van der Waals surface area contributed by atoms with Crippen LogP contribution in [0.15, 0.2) is 71.2 Å². The molecule has 154 valence electrons. The first kappa shape index (κ1) is 20.8. The number of anilines is 1. The molecule has 30 heavy (non-hydrogen) atoms. The molecule has 0 radical (unpaired) electrons. The van der Waals surface area contributed by atoms with Crippen molar-refractivity contribution in [3.63, 3.8) is 0 Å². The van der Waals surface area contributed by atoms with E-state index in [1.807, 2.05) is 54.6 Å². The second-order valence-electron chi connectivity index (χ2n) is 7.08. The zero-order chi connectivity index (χ0) is 20.9. The minimum atomic E-state index is 0.669. The molecule has 0 aliphatic heterocycles. The van der Waals surface area contributed by atoms with Crippen molar-refractivity contribution in [2.75, 3.05) is 11.9 Å². The number of ether oxygens (including phenoxy) is 1. The lowest BCUT2D eigenvalue weighted by atomic mass is 10.2. The molecule has 1 N–H and O–H groups in total. The van der Waals surface area contributed by atoms with Gasteiger partial charge in [-0.05, 0) is 66.6 Å². The molecule has 0 spiro atoms. The van der Waals surface area contributed by atoms with Crippen molar-refractivity contribution in [1.82, 2.24) is 9.55 Å². The van der Waals surface area contributed by atoms with E-state index in [0.717, 1.165) is 52.3 Å². The molecule has 0 bridgehead atoms. The van der Waals surface area contributed by atoms with Gasteiger partial charge in [-0.15, -0.1) is 0 Å². The smallest absolute Gasteiger partial charge is 0.208 e. The Morgan fingerprint density at radius 1 is 1.03 bits per heavy atom. The molecule has 4 rings (SSSR count). The second kappa shape index (κ2) is 9.54. The summed E-state index contributed by atoms with van der Waals surface area (Å²) < 4.78 is 8.96. The molecule has 4 nitrogen and oxygen atoms in total. The molecule has 0 saturated carbocycles. The summed E-state index contributed by atoms with van der Waals surface area (Å²) in [6, 6.07) is 22.1. The number of rotatable bonds is 8. The topological polar surface area (TPSA) is 39.1 Å². The van der Waals surface area contributed by atoms with Crippen LogP contribution in [0, 0.1) is 0 Å². The molecule has 0 saturated heterocycles. The van der Waals surface area contributed by atoms with Gasteiger partial charge in [0.15, 0.2) is 0 Å². The number of aromatic nitrogens is 2. The number of nitrogens with zero attached hydrogens (tertiary/aromatic N) is 2. The van der Waals surface area contributed by atoms with Gasteiger partial charge in [0.2, 0.25) is 5.95 Å². The van der Waals surface area contributed by atoms with Gasteiger partial charge in [-0.1, -0.05) is 53.0 Å². The number of halogens is 2. The molecule has 6 heteroatoms. The molecule has 0 unspecified atom stereocenters. The molecule has 0 atom stereocenters. The standard InChI is InChI=1S/C24H23BrClN3O/c1-2-3-14-30-21-11-9-20(10-12-21)29-23-15-19(26)8-13-22(23)28-24(29)27-16-17-4-6-18(25)7-5-17/h4-13,15H,2-3,14,16H2,1H3,(H,27,28). The maximum absolute atomic E-state index is 6.29. The third-order valence-corrected chi connectivity index (χ3v) is 5.61. The van der Waals surface area contributed by atoms with Gasteiger partial charge in [0.25, 0.3) is 0 Å². The average Bonchev–Trinajstić information content (AvgIpc) is 3.11. The lowest BCUT2D eigenvalue weighted by Gasteiger charge is -2.12. The highest BCUT2D eigenvalue weighted by atomic mass is 79.9. The predicted molar refractivity (Wildman–Crippen MR) is 128 cm³/mol. The minimum Gasteiger partial charge on any atom is -0.494 e. The summed E-state index contributed by atoms with van der Waals surface area (Å²) in [7, 11) is 0. The highest BCUT2D eigenvalue weighted by Crippen LogP contribution is 2.28. The van der Waals surface area contributed by atoms with E-state index in [1.54, 1.807) is 0 Å². The van der Waals surface area contributed by atoms with Crippen LogP contribution in [0.5, 0.6) is 5.75 Å². The Labute approximate surface area is 190 Å². The highest BCUT2D eigenvalue weighted by Gasteiger charge is 2.13. The zero-order valence-corrected chi connectivity index (χ0v) is 19.1. The summed E-state index contributed by atoms with van der Waals surface area (Å²) in [5.74, 6) is 1.65. The quantitative estimate of drug-likeness (QED) is 0.268. The van der Waals surface area contributed by atoms with Crippen molar-refractivity contribution >= 4 is 44.5 Å². The molecule has 3 aromatic carbocycles. The Bertz CT molecular complexity index is 1120. The third kappa shape index (κ3) is 4.79. The fourth-order valence-corrected chi connectivity index (χ4v) is 3.67. The number of hydrogen-bond acceptors (Lipinski definition) is 3. The van der Waals surface area contributed by atoms with Crippen LogP contribution >= 0.6 is 27.5 Å². The van der Waals surface area contributed by atoms with Crippen LogP contribution in [-0.2, 0) is 6.54 Å². The van der Waals surface area contributed by atoms with Crippen LogP contribution in [0.3, 0.4) is 0 Å². The van der Waals surface area contributed by atoms with Gasteiger partial charge in [0.1, 0.15) is 5.75 Å². The lowest BCUT2D eigenvalue weighted by molar-refractivity contribution is 0.309. The van der Waals surface area contributed by atoms with Crippen molar-refractivity contribution in [3.8, 4) is 11.4 Å². The van der Waals surface area contributed by atoms with Crippen molar-refractivity contribution in [2.45, 2.75) is 26.3 Å². The summed E-state index contributed by atoms with van der Waals surface area (Å²) in [4.78, 5) is 4.80. The first-order valence-corrected chi connectivity index (χ1v) is 11.2. The van der Waals surface area contributed by atoms with Gasteiger partial charge in [-0.3, -0.25) is 4.57 Å². The van der Waals surface area contributed by atoms with Gasteiger partial charge < -0.3 is 10.1 Å². The van der Waals surface area contributed by atoms with E-state index in [9.17, 15) is 0 Å². The van der Waals surface area contributed by atoms with Gasteiger partial charge in [0, 0.05) is 21.7 Å². The maximum atomic E-state index is 6.29. The van der Waals surface area contributed by atoms with E-state index >= 15 is 0 Å². The summed E-state index contributed by atoms with van der Waals surface area (Å²) >= 11 is 9.76. The number of unbranched alkanes of at least 4 members (excludes halogenated alkanes) is 1. The first-order valence-electron chi connectivity index (χ1n) is 10.0. The van der Waals surface area contributed by atoms with E-state index in [0.29, 0.717) is 11.6 Å². The molecule has 4 aromatic rings. The molecule has 1 heterocycles. The monoisotopic (exact) mass is 483 g/mol. The van der Waals surface area contributed by atoms with Crippen molar-refractivity contribution in [1.29, 1.82) is 0 Å². The van der Waals surface area contributed by atoms with Gasteiger partial charge in [-0.25, -0.2) is 4.98 Å². The van der Waals surface area contributed by atoms with Crippen molar-refractivity contribution in [2.24, 2.45) is 0 Å². The zero-order valence-electron chi connectivity index (χ0n) is 16.7. The molecule has 1 aromatic heterocycles. The highest BCUT2D eigenvalue weighted by molar-refractivity contribution is 9.10. The molecule has 0 aliphatic carbocycles. The van der Waals surface area contributed by atoms with E-state index in [-0.39, 0.29) is 0 Å².